The Kier molecular flexibility index (Phi) is 9.60. The lowest BCUT2D eigenvalue weighted by molar-refractivity contribution is 0.223. The van der Waals surface area contributed by atoms with Crippen molar-refractivity contribution in [1.82, 2.24) is 0 Å². The first-order valence-corrected chi connectivity index (χ1v) is 12.1. The van der Waals surface area contributed by atoms with Gasteiger partial charge in [0.2, 0.25) is 11.6 Å². The summed E-state index contributed by atoms with van der Waals surface area (Å²) in [7, 11) is 1.20. The zero-order valence-electron chi connectivity index (χ0n) is 19.8. The molecule has 3 rings (SSSR count). The summed E-state index contributed by atoms with van der Waals surface area (Å²) < 4.78 is 81.7. The third-order valence-corrected chi connectivity index (χ3v) is 6.84. The van der Waals surface area contributed by atoms with E-state index in [1.807, 2.05) is 0 Å². The van der Waals surface area contributed by atoms with Gasteiger partial charge >= 0.3 is 0 Å². The third kappa shape index (κ3) is 6.22. The van der Waals surface area contributed by atoms with Crippen LogP contribution in [0.4, 0.5) is 22.0 Å². The highest BCUT2D eigenvalue weighted by Crippen LogP contribution is 2.40. The molecule has 0 spiro atoms. The van der Waals surface area contributed by atoms with E-state index < -0.39 is 35.2 Å². The van der Waals surface area contributed by atoms with Crippen LogP contribution in [0, 0.1) is 29.2 Å². The Bertz CT molecular complexity index is 941. The number of halogens is 5. The monoisotopic (exact) mass is 484 g/mol. The van der Waals surface area contributed by atoms with Crippen molar-refractivity contribution in [2.45, 2.75) is 76.8 Å². The molecule has 2 nitrogen and oxygen atoms in total. The molecular weight excluding hydrogens is 451 g/mol. The Morgan fingerprint density at radius 1 is 0.853 bits per heavy atom. The minimum absolute atomic E-state index is 0.0553. The first-order chi connectivity index (χ1) is 16.4. The lowest BCUT2D eigenvalue weighted by Crippen LogP contribution is -2.15. The minimum Gasteiger partial charge on any atom is -0.494 e. The number of unbranched alkanes of at least 4 members (excludes halogenated alkanes) is 2. The van der Waals surface area contributed by atoms with Gasteiger partial charge in [-0.3, -0.25) is 0 Å². The summed E-state index contributed by atoms with van der Waals surface area (Å²) in [6, 6.07) is 5.13. The number of benzene rings is 2. The quantitative estimate of drug-likeness (QED) is 0.235. The highest BCUT2D eigenvalue weighted by Gasteiger charge is 2.28. The van der Waals surface area contributed by atoms with Gasteiger partial charge in [0.15, 0.2) is 23.1 Å². The smallest absolute Gasteiger partial charge is 0.204 e. The van der Waals surface area contributed by atoms with Crippen molar-refractivity contribution < 1.29 is 31.4 Å². The van der Waals surface area contributed by atoms with Crippen LogP contribution in [0.2, 0.25) is 0 Å². The molecule has 7 heteroatoms. The van der Waals surface area contributed by atoms with Gasteiger partial charge in [0, 0.05) is 12.0 Å². The van der Waals surface area contributed by atoms with Crippen molar-refractivity contribution in [3.05, 3.63) is 58.7 Å². The second kappa shape index (κ2) is 12.4. The number of hydrogen-bond donors (Lipinski definition) is 0. The van der Waals surface area contributed by atoms with E-state index >= 15 is 0 Å². The summed E-state index contributed by atoms with van der Waals surface area (Å²) in [6.45, 7) is 1.84. The standard InChI is InChI=1S/C27H33F5O2/c1-3-4-5-6-17-7-9-18(10-8-17)19-11-12-20(25(30)24(19)29)21(28)15-16-34-23-14-13-22(33-2)26(31)27(23)32/h11-14,17-18,21H,3-10,15-16H2,1-2H3. The van der Waals surface area contributed by atoms with E-state index in [9.17, 15) is 22.0 Å². The van der Waals surface area contributed by atoms with E-state index in [-0.39, 0.29) is 30.3 Å². The Morgan fingerprint density at radius 3 is 2.21 bits per heavy atom. The van der Waals surface area contributed by atoms with Crippen molar-refractivity contribution in [2.75, 3.05) is 13.7 Å². The molecule has 0 aromatic heterocycles. The minimum atomic E-state index is -1.84. The predicted molar refractivity (Wildman–Crippen MR) is 122 cm³/mol. The van der Waals surface area contributed by atoms with Crippen LogP contribution in [-0.4, -0.2) is 13.7 Å². The number of ether oxygens (including phenoxy) is 2. The van der Waals surface area contributed by atoms with E-state index in [0.29, 0.717) is 11.5 Å². The molecule has 1 aliphatic rings. The first kappa shape index (κ1) is 26.3. The molecule has 0 N–H and O–H groups in total. The average molecular weight is 485 g/mol. The number of rotatable bonds is 11. The van der Waals surface area contributed by atoms with Gasteiger partial charge in [-0.05, 0) is 55.2 Å². The van der Waals surface area contributed by atoms with Crippen LogP contribution in [-0.2, 0) is 0 Å². The fourth-order valence-corrected chi connectivity index (χ4v) is 4.79. The van der Waals surface area contributed by atoms with Crippen molar-refractivity contribution in [3.63, 3.8) is 0 Å². The molecule has 0 saturated heterocycles. The molecule has 1 aliphatic carbocycles. The lowest BCUT2D eigenvalue weighted by Gasteiger charge is -2.29. The zero-order valence-corrected chi connectivity index (χ0v) is 19.8. The average Bonchev–Trinajstić information content (AvgIpc) is 2.84. The van der Waals surface area contributed by atoms with Gasteiger partial charge in [0.25, 0.3) is 0 Å². The molecule has 188 valence electrons. The van der Waals surface area contributed by atoms with Gasteiger partial charge in [-0.25, -0.2) is 13.2 Å². The fourth-order valence-electron chi connectivity index (χ4n) is 4.79. The van der Waals surface area contributed by atoms with Gasteiger partial charge in [-0.15, -0.1) is 0 Å². The normalized spacial score (nSPS) is 19.1. The second-order valence-electron chi connectivity index (χ2n) is 9.08. The van der Waals surface area contributed by atoms with Crippen molar-refractivity contribution >= 4 is 0 Å². The van der Waals surface area contributed by atoms with Gasteiger partial charge in [-0.2, -0.15) is 8.78 Å². The van der Waals surface area contributed by atoms with Crippen molar-refractivity contribution in [2.24, 2.45) is 5.92 Å². The molecule has 2 aromatic carbocycles. The second-order valence-corrected chi connectivity index (χ2v) is 9.08. The van der Waals surface area contributed by atoms with E-state index in [1.165, 1.54) is 51.0 Å². The Balaban J connectivity index is 1.57. The van der Waals surface area contributed by atoms with E-state index in [4.69, 9.17) is 4.74 Å². The van der Waals surface area contributed by atoms with E-state index in [2.05, 4.69) is 11.7 Å². The van der Waals surface area contributed by atoms with E-state index in [0.717, 1.165) is 31.7 Å². The van der Waals surface area contributed by atoms with Gasteiger partial charge in [0.1, 0.15) is 6.17 Å². The van der Waals surface area contributed by atoms with E-state index in [1.54, 1.807) is 0 Å². The molecule has 0 amide bonds. The summed E-state index contributed by atoms with van der Waals surface area (Å²) in [5.74, 6) is -4.73. The molecule has 1 saturated carbocycles. The molecule has 1 atom stereocenters. The van der Waals surface area contributed by atoms with Crippen LogP contribution in [0.5, 0.6) is 11.5 Å². The number of methoxy groups -OCH3 is 1. The molecule has 1 unspecified atom stereocenters. The van der Waals surface area contributed by atoms with Gasteiger partial charge in [-0.1, -0.05) is 44.7 Å². The van der Waals surface area contributed by atoms with Crippen LogP contribution in [0.25, 0.3) is 0 Å². The highest BCUT2D eigenvalue weighted by atomic mass is 19.2. The molecule has 34 heavy (non-hydrogen) atoms. The van der Waals surface area contributed by atoms with Crippen LogP contribution >= 0.6 is 0 Å². The molecule has 0 aliphatic heterocycles. The van der Waals surface area contributed by atoms with Gasteiger partial charge < -0.3 is 9.47 Å². The number of alkyl halides is 1. The Morgan fingerprint density at radius 2 is 1.53 bits per heavy atom. The molecule has 0 bridgehead atoms. The fraction of sp³-hybridized carbons (Fsp3) is 0.556. The van der Waals surface area contributed by atoms with Crippen molar-refractivity contribution in [1.29, 1.82) is 0 Å². The number of hydrogen-bond acceptors (Lipinski definition) is 2. The SMILES string of the molecule is CCCCCC1CCC(c2ccc(C(F)CCOc3ccc(OC)c(F)c3F)c(F)c2F)CC1. The zero-order chi connectivity index (χ0) is 24.7. The molecule has 2 aromatic rings. The highest BCUT2D eigenvalue weighted by molar-refractivity contribution is 5.35. The molecule has 1 fully saturated rings. The molecule has 0 heterocycles. The Labute approximate surface area is 198 Å². The largest absolute Gasteiger partial charge is 0.494 e. The third-order valence-electron chi connectivity index (χ3n) is 6.84. The maximum absolute atomic E-state index is 14.8. The maximum atomic E-state index is 14.8. The van der Waals surface area contributed by atoms with Crippen LogP contribution in [0.15, 0.2) is 24.3 Å². The maximum Gasteiger partial charge on any atom is 0.204 e. The van der Waals surface area contributed by atoms with Crippen LogP contribution < -0.4 is 9.47 Å². The summed E-state index contributed by atoms with van der Waals surface area (Å²) in [5, 5.41) is 0. The summed E-state index contributed by atoms with van der Waals surface area (Å²) in [5.41, 5.74) is -0.0769. The first-order valence-electron chi connectivity index (χ1n) is 12.1. The summed E-state index contributed by atoms with van der Waals surface area (Å²) >= 11 is 0. The van der Waals surface area contributed by atoms with Gasteiger partial charge in [0.05, 0.1) is 13.7 Å². The predicted octanol–water partition coefficient (Wildman–Crippen LogP) is 8.59. The summed E-state index contributed by atoms with van der Waals surface area (Å²) in [4.78, 5) is 0. The van der Waals surface area contributed by atoms with Crippen LogP contribution in [0.3, 0.4) is 0 Å². The molecule has 0 radical (unpaired) electrons. The van der Waals surface area contributed by atoms with Crippen LogP contribution in [0.1, 0.15) is 87.9 Å². The van der Waals surface area contributed by atoms with Crippen molar-refractivity contribution in [3.8, 4) is 11.5 Å². The topological polar surface area (TPSA) is 18.5 Å². The molecular formula is C27H33F5O2. The summed E-state index contributed by atoms with van der Waals surface area (Å²) in [6.07, 6.45) is 6.25. The Hall–Kier alpha value is -2.31. The lowest BCUT2D eigenvalue weighted by atomic mass is 9.76.